The fourth-order valence-corrected chi connectivity index (χ4v) is 3.19. The molecule has 6 nitrogen and oxygen atoms in total. The van der Waals surface area contributed by atoms with E-state index in [1.165, 1.54) is 7.11 Å². The zero-order chi connectivity index (χ0) is 22.9. The molecule has 0 aromatic heterocycles. The summed E-state index contributed by atoms with van der Waals surface area (Å²) in [5.74, 6) is 0.426. The number of esters is 1. The summed E-state index contributed by atoms with van der Waals surface area (Å²) < 4.78 is 16.1. The van der Waals surface area contributed by atoms with Gasteiger partial charge in [-0.15, -0.1) is 0 Å². The fraction of sp³-hybridized carbons (Fsp3) is 0.200. The molecule has 0 aliphatic rings. The van der Waals surface area contributed by atoms with Gasteiger partial charge in [-0.1, -0.05) is 41.9 Å². The summed E-state index contributed by atoms with van der Waals surface area (Å²) in [5.41, 5.74) is 1.61. The van der Waals surface area contributed by atoms with Gasteiger partial charge >= 0.3 is 5.97 Å². The van der Waals surface area contributed by atoms with E-state index in [4.69, 9.17) is 25.8 Å². The van der Waals surface area contributed by atoms with E-state index in [-0.39, 0.29) is 18.6 Å². The summed E-state index contributed by atoms with van der Waals surface area (Å²) in [6.45, 7) is 2.45. The Bertz CT molecular complexity index is 1050. The Morgan fingerprint density at radius 2 is 1.62 bits per heavy atom. The van der Waals surface area contributed by atoms with Crippen LogP contribution >= 0.6 is 11.6 Å². The van der Waals surface area contributed by atoms with Gasteiger partial charge in [0.25, 0.3) is 5.91 Å². The van der Waals surface area contributed by atoms with E-state index < -0.39 is 5.97 Å². The third-order valence-electron chi connectivity index (χ3n) is 4.72. The van der Waals surface area contributed by atoms with E-state index in [0.29, 0.717) is 28.5 Å². The highest BCUT2D eigenvalue weighted by molar-refractivity contribution is 6.31. The molecule has 32 heavy (non-hydrogen) atoms. The number of para-hydroxylation sites is 1. The van der Waals surface area contributed by atoms with Crippen LogP contribution in [0.5, 0.6) is 11.5 Å². The lowest BCUT2D eigenvalue weighted by atomic mass is 10.1. The largest absolute Gasteiger partial charge is 0.490 e. The highest BCUT2D eigenvalue weighted by Gasteiger charge is 2.17. The molecule has 0 spiro atoms. The van der Waals surface area contributed by atoms with Crippen LogP contribution in [0.25, 0.3) is 0 Å². The second-order valence-corrected chi connectivity index (χ2v) is 7.40. The predicted octanol–water partition coefficient (Wildman–Crippen LogP) is 5.08. The van der Waals surface area contributed by atoms with Crippen LogP contribution in [0.3, 0.4) is 0 Å². The molecule has 0 heterocycles. The maximum Gasteiger partial charge on any atom is 0.337 e. The fourth-order valence-electron chi connectivity index (χ4n) is 3.02. The Kier molecular flexibility index (Phi) is 8.11. The van der Waals surface area contributed by atoms with Crippen molar-refractivity contribution in [3.8, 4) is 11.5 Å². The first-order chi connectivity index (χ1) is 15.5. The third-order valence-corrected chi connectivity index (χ3v) is 4.95. The number of nitrogens with one attached hydrogen (secondary N) is 1. The van der Waals surface area contributed by atoms with Crippen LogP contribution in [0.2, 0.25) is 5.02 Å². The number of methoxy groups -OCH3 is 1. The van der Waals surface area contributed by atoms with E-state index in [2.05, 4.69) is 5.32 Å². The Balaban J connectivity index is 1.62. The molecule has 166 valence electrons. The zero-order valence-corrected chi connectivity index (χ0v) is 18.6. The van der Waals surface area contributed by atoms with Crippen molar-refractivity contribution >= 4 is 23.5 Å². The second-order valence-electron chi connectivity index (χ2n) is 6.96. The van der Waals surface area contributed by atoms with Gasteiger partial charge in [-0.25, -0.2) is 4.79 Å². The molecule has 3 rings (SSSR count). The van der Waals surface area contributed by atoms with Crippen LogP contribution in [0.4, 0.5) is 0 Å². The van der Waals surface area contributed by atoms with Crippen LogP contribution in [0.1, 0.15) is 39.2 Å². The summed E-state index contributed by atoms with van der Waals surface area (Å²) in [7, 11) is 1.33. The van der Waals surface area contributed by atoms with Crippen molar-refractivity contribution < 1.29 is 23.8 Å². The number of benzene rings is 3. The molecule has 0 fully saturated rings. The van der Waals surface area contributed by atoms with Crippen LogP contribution < -0.4 is 14.8 Å². The predicted molar refractivity (Wildman–Crippen MR) is 123 cm³/mol. The monoisotopic (exact) mass is 453 g/mol. The average molecular weight is 454 g/mol. The second kappa shape index (κ2) is 11.2. The Morgan fingerprint density at radius 3 is 2.31 bits per heavy atom. The molecule has 3 aromatic carbocycles. The number of hydrogen-bond donors (Lipinski definition) is 1. The van der Waals surface area contributed by atoms with E-state index in [0.717, 1.165) is 11.3 Å². The van der Waals surface area contributed by atoms with Gasteiger partial charge in [-0.05, 0) is 55.0 Å². The Labute approximate surface area is 192 Å². The van der Waals surface area contributed by atoms with E-state index >= 15 is 0 Å². The van der Waals surface area contributed by atoms with Crippen molar-refractivity contribution in [2.75, 3.05) is 20.3 Å². The molecular weight excluding hydrogens is 430 g/mol. The number of carbonyl (C=O) groups excluding carboxylic acids is 2. The highest BCUT2D eigenvalue weighted by atomic mass is 35.5. The molecule has 0 aliphatic carbocycles. The van der Waals surface area contributed by atoms with Crippen LogP contribution in [-0.4, -0.2) is 32.2 Å². The van der Waals surface area contributed by atoms with Crippen molar-refractivity contribution in [3.63, 3.8) is 0 Å². The van der Waals surface area contributed by atoms with E-state index in [9.17, 15) is 9.59 Å². The summed E-state index contributed by atoms with van der Waals surface area (Å²) in [4.78, 5) is 24.5. The topological polar surface area (TPSA) is 73.9 Å². The molecule has 0 saturated heterocycles. The van der Waals surface area contributed by atoms with Gasteiger partial charge < -0.3 is 19.5 Å². The normalized spacial score (nSPS) is 11.3. The maximum atomic E-state index is 12.9. The molecular formula is C25H24ClNO5. The number of carbonyl (C=O) groups is 2. The molecule has 0 radical (unpaired) electrons. The Morgan fingerprint density at radius 1 is 0.938 bits per heavy atom. The van der Waals surface area contributed by atoms with Crippen molar-refractivity contribution in [3.05, 3.63) is 94.5 Å². The summed E-state index contributed by atoms with van der Waals surface area (Å²) in [5, 5.41) is 3.36. The van der Waals surface area contributed by atoms with Gasteiger partial charge in [0.2, 0.25) is 0 Å². The minimum Gasteiger partial charge on any atom is -0.490 e. The molecule has 1 amide bonds. The lowest BCUT2D eigenvalue weighted by Crippen LogP contribution is -2.27. The Hall–Kier alpha value is -3.51. The number of hydrogen-bond acceptors (Lipinski definition) is 5. The van der Waals surface area contributed by atoms with Crippen LogP contribution in [0.15, 0.2) is 72.8 Å². The van der Waals surface area contributed by atoms with Crippen LogP contribution in [-0.2, 0) is 4.74 Å². The summed E-state index contributed by atoms with van der Waals surface area (Å²) >= 11 is 6.11. The maximum absolute atomic E-state index is 12.9. The molecule has 0 aliphatic heterocycles. The number of halogens is 1. The van der Waals surface area contributed by atoms with Gasteiger partial charge in [-0.3, -0.25) is 4.79 Å². The highest BCUT2D eigenvalue weighted by Crippen LogP contribution is 2.24. The van der Waals surface area contributed by atoms with Crippen molar-refractivity contribution in [1.82, 2.24) is 5.32 Å². The zero-order valence-electron chi connectivity index (χ0n) is 17.8. The molecule has 0 saturated carbocycles. The van der Waals surface area contributed by atoms with Crippen molar-refractivity contribution in [2.45, 2.75) is 13.0 Å². The smallest absolute Gasteiger partial charge is 0.337 e. The number of ether oxygens (including phenoxy) is 3. The molecule has 1 N–H and O–H groups in total. The molecule has 7 heteroatoms. The summed E-state index contributed by atoms with van der Waals surface area (Å²) in [6, 6.07) is 20.9. The molecule has 0 bridgehead atoms. The first-order valence-corrected chi connectivity index (χ1v) is 10.4. The molecule has 1 atom stereocenters. The average Bonchev–Trinajstić information content (AvgIpc) is 2.82. The van der Waals surface area contributed by atoms with Crippen molar-refractivity contribution in [1.29, 1.82) is 0 Å². The molecule has 3 aromatic rings. The SMILES string of the molecule is COC(=O)c1ccc([C@H](C)NC(=O)c2cc(Cl)ccc2OCCOc2ccccc2)cc1. The van der Waals surface area contributed by atoms with Crippen LogP contribution in [0, 0.1) is 0 Å². The first kappa shape index (κ1) is 23.2. The standard InChI is InChI=1S/C25H24ClNO5/c1-17(18-8-10-19(11-9-18)25(29)30-2)27-24(28)22-16-20(26)12-13-23(22)32-15-14-31-21-6-4-3-5-7-21/h3-13,16-17H,14-15H2,1-2H3,(H,27,28)/t17-/m0/s1. The lowest BCUT2D eigenvalue weighted by molar-refractivity contribution is 0.0600. The van der Waals surface area contributed by atoms with E-state index in [1.54, 1.807) is 42.5 Å². The minimum absolute atomic E-state index is 0.265. The summed E-state index contributed by atoms with van der Waals surface area (Å²) in [6.07, 6.45) is 0. The number of rotatable bonds is 9. The third kappa shape index (κ3) is 6.25. The quantitative estimate of drug-likeness (QED) is 0.361. The van der Waals surface area contributed by atoms with Gasteiger partial charge in [-0.2, -0.15) is 0 Å². The van der Waals surface area contributed by atoms with Gasteiger partial charge in [0.15, 0.2) is 0 Å². The van der Waals surface area contributed by atoms with Gasteiger partial charge in [0.1, 0.15) is 24.7 Å². The first-order valence-electron chi connectivity index (χ1n) is 10.1. The van der Waals surface area contributed by atoms with Gasteiger partial charge in [0, 0.05) is 5.02 Å². The molecule has 0 unspecified atom stereocenters. The van der Waals surface area contributed by atoms with Crippen molar-refractivity contribution in [2.24, 2.45) is 0 Å². The van der Waals surface area contributed by atoms with Gasteiger partial charge in [0.05, 0.1) is 24.3 Å². The number of amides is 1. The minimum atomic E-state index is -0.412. The lowest BCUT2D eigenvalue weighted by Gasteiger charge is -2.17. The van der Waals surface area contributed by atoms with E-state index in [1.807, 2.05) is 37.3 Å².